The molecule has 0 bridgehead atoms. The predicted molar refractivity (Wildman–Crippen MR) is 65.2 cm³/mol. The van der Waals surface area contributed by atoms with Crippen molar-refractivity contribution in [3.8, 4) is 11.5 Å². The zero-order valence-electron chi connectivity index (χ0n) is 9.95. The second-order valence-electron chi connectivity index (χ2n) is 3.82. The Balaban J connectivity index is 3.11. The van der Waals surface area contributed by atoms with E-state index in [4.69, 9.17) is 9.47 Å². The minimum absolute atomic E-state index is 0.00666. The van der Waals surface area contributed by atoms with Crippen LogP contribution in [0.1, 0.15) is 19.4 Å². The van der Waals surface area contributed by atoms with E-state index in [2.05, 4.69) is 15.9 Å². The van der Waals surface area contributed by atoms with E-state index in [0.29, 0.717) is 21.5 Å². The maximum atomic E-state index is 10.5. The summed E-state index contributed by atoms with van der Waals surface area (Å²) < 4.78 is 11.4. The largest absolute Gasteiger partial charge is 0.550 e. The Bertz CT molecular complexity index is 415. The Kier molecular flexibility index (Phi) is 4.81. The van der Waals surface area contributed by atoms with Gasteiger partial charge in [0.05, 0.1) is 17.7 Å². The number of carboxylic acid groups (broad SMARTS) is 1. The molecular formula is C12H14BrO4-. The summed E-state index contributed by atoms with van der Waals surface area (Å²) >= 11 is 3.34. The number of halogens is 1. The van der Waals surface area contributed by atoms with Gasteiger partial charge in [0.1, 0.15) is 0 Å². The zero-order valence-corrected chi connectivity index (χ0v) is 11.5. The number of aliphatic carboxylic acids is 1. The van der Waals surface area contributed by atoms with Crippen LogP contribution in [-0.2, 0) is 11.2 Å². The molecule has 0 aliphatic rings. The first-order valence-electron chi connectivity index (χ1n) is 5.17. The molecule has 0 heterocycles. The standard InChI is InChI=1S/C12H15BrO4/c1-7(2)17-12-9(13)4-8(6-11(14)15)5-10(12)16-3/h4-5,7H,6H2,1-3H3,(H,14,15)/p-1. The number of hydrogen-bond acceptors (Lipinski definition) is 4. The van der Waals surface area contributed by atoms with Crippen LogP contribution in [0.4, 0.5) is 0 Å². The topological polar surface area (TPSA) is 58.6 Å². The molecule has 0 saturated carbocycles. The molecule has 94 valence electrons. The summed E-state index contributed by atoms with van der Waals surface area (Å²) in [6, 6.07) is 3.33. The Hall–Kier alpha value is -1.23. The first-order chi connectivity index (χ1) is 7.93. The van der Waals surface area contributed by atoms with E-state index in [1.54, 1.807) is 12.1 Å². The molecule has 0 aliphatic heterocycles. The second-order valence-corrected chi connectivity index (χ2v) is 4.68. The summed E-state index contributed by atoms with van der Waals surface area (Å²) in [5.74, 6) is -0.0506. The second kappa shape index (κ2) is 5.91. The molecule has 4 nitrogen and oxygen atoms in total. The van der Waals surface area contributed by atoms with Crippen molar-refractivity contribution < 1.29 is 19.4 Å². The van der Waals surface area contributed by atoms with E-state index >= 15 is 0 Å². The van der Waals surface area contributed by atoms with Gasteiger partial charge >= 0.3 is 0 Å². The highest BCUT2D eigenvalue weighted by Crippen LogP contribution is 2.37. The molecule has 0 saturated heterocycles. The summed E-state index contributed by atoms with van der Waals surface area (Å²) in [6.07, 6.45) is -0.149. The van der Waals surface area contributed by atoms with E-state index in [1.165, 1.54) is 7.11 Å². The van der Waals surface area contributed by atoms with Gasteiger partial charge in [0.2, 0.25) is 0 Å². The molecule has 1 aromatic rings. The summed E-state index contributed by atoms with van der Waals surface area (Å²) in [4.78, 5) is 10.5. The van der Waals surface area contributed by atoms with Crippen LogP contribution >= 0.6 is 15.9 Å². The van der Waals surface area contributed by atoms with Crippen LogP contribution in [0.5, 0.6) is 11.5 Å². The van der Waals surface area contributed by atoms with E-state index in [1.807, 2.05) is 13.8 Å². The molecule has 0 N–H and O–H groups in total. The van der Waals surface area contributed by atoms with Crippen LogP contribution in [0.25, 0.3) is 0 Å². The van der Waals surface area contributed by atoms with E-state index < -0.39 is 5.97 Å². The van der Waals surface area contributed by atoms with Crippen molar-refractivity contribution in [2.45, 2.75) is 26.4 Å². The minimum atomic E-state index is -1.13. The van der Waals surface area contributed by atoms with Crippen molar-refractivity contribution in [1.29, 1.82) is 0 Å². The molecule has 17 heavy (non-hydrogen) atoms. The zero-order chi connectivity index (χ0) is 13.0. The van der Waals surface area contributed by atoms with Gasteiger partial charge in [-0.1, -0.05) is 0 Å². The van der Waals surface area contributed by atoms with Crippen LogP contribution in [0.3, 0.4) is 0 Å². The molecule has 0 spiro atoms. The summed E-state index contributed by atoms with van der Waals surface area (Å²) in [5, 5.41) is 10.5. The Morgan fingerprint density at radius 1 is 1.47 bits per heavy atom. The molecule has 0 unspecified atom stereocenters. The highest BCUT2D eigenvalue weighted by atomic mass is 79.9. The molecule has 0 radical (unpaired) electrons. The van der Waals surface area contributed by atoms with Gasteiger partial charge in [-0.2, -0.15) is 0 Å². The van der Waals surface area contributed by atoms with Gasteiger partial charge in [0.15, 0.2) is 11.5 Å². The fraction of sp³-hybridized carbons (Fsp3) is 0.417. The van der Waals surface area contributed by atoms with Gasteiger partial charge < -0.3 is 19.4 Å². The van der Waals surface area contributed by atoms with Crippen molar-refractivity contribution in [3.63, 3.8) is 0 Å². The highest BCUT2D eigenvalue weighted by molar-refractivity contribution is 9.10. The smallest absolute Gasteiger partial charge is 0.175 e. The fourth-order valence-corrected chi connectivity index (χ4v) is 1.97. The molecule has 0 amide bonds. The Morgan fingerprint density at radius 2 is 2.12 bits per heavy atom. The van der Waals surface area contributed by atoms with Gasteiger partial charge in [-0.15, -0.1) is 0 Å². The van der Waals surface area contributed by atoms with E-state index in [0.717, 1.165) is 0 Å². The first-order valence-corrected chi connectivity index (χ1v) is 5.96. The minimum Gasteiger partial charge on any atom is -0.550 e. The van der Waals surface area contributed by atoms with Crippen molar-refractivity contribution in [2.75, 3.05) is 7.11 Å². The summed E-state index contributed by atoms with van der Waals surface area (Å²) in [7, 11) is 1.51. The monoisotopic (exact) mass is 301 g/mol. The van der Waals surface area contributed by atoms with Crippen molar-refractivity contribution in [2.24, 2.45) is 0 Å². The lowest BCUT2D eigenvalue weighted by Crippen LogP contribution is -2.24. The number of carboxylic acids is 1. The van der Waals surface area contributed by atoms with Gasteiger partial charge in [0.25, 0.3) is 0 Å². The van der Waals surface area contributed by atoms with Crippen molar-refractivity contribution >= 4 is 21.9 Å². The van der Waals surface area contributed by atoms with E-state index in [9.17, 15) is 9.90 Å². The third kappa shape index (κ3) is 3.93. The number of ether oxygens (including phenoxy) is 2. The molecule has 0 aromatic heterocycles. The predicted octanol–water partition coefficient (Wildman–Crippen LogP) is 1.54. The fourth-order valence-electron chi connectivity index (χ4n) is 1.39. The number of methoxy groups -OCH3 is 1. The van der Waals surface area contributed by atoms with Crippen LogP contribution in [0.15, 0.2) is 16.6 Å². The number of carbonyl (C=O) groups excluding carboxylic acids is 1. The molecule has 0 atom stereocenters. The van der Waals surface area contributed by atoms with Crippen LogP contribution in [-0.4, -0.2) is 19.2 Å². The summed E-state index contributed by atoms with van der Waals surface area (Å²) in [6.45, 7) is 3.81. The van der Waals surface area contributed by atoms with Gasteiger partial charge in [-0.3, -0.25) is 0 Å². The van der Waals surface area contributed by atoms with Crippen LogP contribution < -0.4 is 14.6 Å². The van der Waals surface area contributed by atoms with Gasteiger partial charge in [-0.05, 0) is 47.5 Å². The average Bonchev–Trinajstić information content (AvgIpc) is 2.20. The highest BCUT2D eigenvalue weighted by Gasteiger charge is 2.13. The Morgan fingerprint density at radius 3 is 2.59 bits per heavy atom. The molecule has 1 aromatic carbocycles. The molecule has 5 heteroatoms. The Labute approximate surface area is 109 Å². The third-order valence-electron chi connectivity index (χ3n) is 1.99. The lowest BCUT2D eigenvalue weighted by molar-refractivity contribution is -0.304. The van der Waals surface area contributed by atoms with Gasteiger partial charge in [0, 0.05) is 12.4 Å². The number of benzene rings is 1. The maximum Gasteiger partial charge on any atom is 0.175 e. The summed E-state index contributed by atoms with van der Waals surface area (Å²) in [5.41, 5.74) is 0.602. The van der Waals surface area contributed by atoms with Crippen LogP contribution in [0.2, 0.25) is 0 Å². The number of hydrogen-bond donors (Lipinski definition) is 0. The molecular weight excluding hydrogens is 288 g/mol. The molecule has 0 fully saturated rings. The van der Waals surface area contributed by atoms with Crippen LogP contribution in [0, 0.1) is 0 Å². The SMILES string of the molecule is COc1cc(CC(=O)[O-])cc(Br)c1OC(C)C. The van der Waals surface area contributed by atoms with Crippen molar-refractivity contribution in [3.05, 3.63) is 22.2 Å². The number of carbonyl (C=O) groups is 1. The molecule has 0 aliphatic carbocycles. The lowest BCUT2D eigenvalue weighted by atomic mass is 10.1. The molecule has 1 rings (SSSR count). The normalized spacial score (nSPS) is 10.4. The first kappa shape index (κ1) is 13.8. The van der Waals surface area contributed by atoms with Gasteiger partial charge in [-0.25, -0.2) is 0 Å². The van der Waals surface area contributed by atoms with E-state index in [-0.39, 0.29) is 12.5 Å². The van der Waals surface area contributed by atoms with Crippen molar-refractivity contribution in [1.82, 2.24) is 0 Å². The number of rotatable bonds is 5. The maximum absolute atomic E-state index is 10.5. The lowest BCUT2D eigenvalue weighted by Gasteiger charge is -2.16. The average molecular weight is 302 g/mol. The quantitative estimate of drug-likeness (QED) is 0.828. The third-order valence-corrected chi connectivity index (χ3v) is 2.58.